The minimum atomic E-state index is 0.540. The van der Waals surface area contributed by atoms with Crippen molar-refractivity contribution in [1.82, 2.24) is 20.1 Å². The van der Waals surface area contributed by atoms with Gasteiger partial charge in [-0.25, -0.2) is 9.67 Å². The van der Waals surface area contributed by atoms with Gasteiger partial charge < -0.3 is 5.32 Å². The summed E-state index contributed by atoms with van der Waals surface area (Å²) >= 11 is 1.83. The van der Waals surface area contributed by atoms with Gasteiger partial charge >= 0.3 is 0 Å². The molecule has 0 radical (unpaired) electrons. The molecule has 3 rings (SSSR count). The minimum Gasteiger partial charge on any atom is -0.312 e. The molecule has 0 aliphatic carbocycles. The predicted molar refractivity (Wildman–Crippen MR) is 72.9 cm³/mol. The number of hydrogen-bond donors (Lipinski definition) is 1. The molecule has 5 heteroatoms. The lowest BCUT2D eigenvalue weighted by molar-refractivity contribution is 0.361. The maximum Gasteiger partial charge on any atom is 0.147 e. The standard InChI is InChI=1S/C13H18N4S/c1-10-15-13-5-4-11(9-17(13)16-10)14-7-6-12-3-2-8-18-12/h2-3,8,11,14H,4-7,9H2,1H3/t11-/m1/s1. The molecule has 1 aliphatic heterocycles. The van der Waals surface area contributed by atoms with Gasteiger partial charge in [0.25, 0.3) is 0 Å². The van der Waals surface area contributed by atoms with E-state index in [1.165, 1.54) is 11.3 Å². The summed E-state index contributed by atoms with van der Waals surface area (Å²) in [6, 6.07) is 4.86. The van der Waals surface area contributed by atoms with Crippen LogP contribution in [0.3, 0.4) is 0 Å². The number of aryl methyl sites for hydroxylation is 2. The van der Waals surface area contributed by atoms with E-state index in [9.17, 15) is 0 Å². The van der Waals surface area contributed by atoms with Crippen LogP contribution in [0.15, 0.2) is 17.5 Å². The summed E-state index contributed by atoms with van der Waals surface area (Å²) in [4.78, 5) is 5.89. The molecule has 96 valence electrons. The van der Waals surface area contributed by atoms with Gasteiger partial charge in [0.15, 0.2) is 0 Å². The Hall–Kier alpha value is -1.20. The number of nitrogens with zero attached hydrogens (tertiary/aromatic N) is 3. The maximum absolute atomic E-state index is 4.43. The Morgan fingerprint density at radius 1 is 1.56 bits per heavy atom. The highest BCUT2D eigenvalue weighted by atomic mass is 32.1. The molecule has 0 aromatic carbocycles. The number of hydrogen-bond acceptors (Lipinski definition) is 4. The fourth-order valence-corrected chi connectivity index (χ4v) is 3.16. The van der Waals surface area contributed by atoms with Gasteiger partial charge in [-0.05, 0) is 31.2 Å². The molecule has 0 fully saturated rings. The van der Waals surface area contributed by atoms with Crippen LogP contribution in [0.4, 0.5) is 0 Å². The normalized spacial score (nSPS) is 18.8. The molecule has 1 aliphatic rings. The van der Waals surface area contributed by atoms with Crippen molar-refractivity contribution in [3.05, 3.63) is 34.0 Å². The number of thiophene rings is 1. The van der Waals surface area contributed by atoms with Gasteiger partial charge in [0.05, 0.1) is 6.54 Å². The zero-order valence-corrected chi connectivity index (χ0v) is 11.4. The maximum atomic E-state index is 4.43. The van der Waals surface area contributed by atoms with Crippen molar-refractivity contribution in [2.24, 2.45) is 0 Å². The second-order valence-electron chi connectivity index (χ2n) is 4.78. The minimum absolute atomic E-state index is 0.540. The molecular formula is C13H18N4S. The highest BCUT2D eigenvalue weighted by Crippen LogP contribution is 2.13. The largest absolute Gasteiger partial charge is 0.312 e. The van der Waals surface area contributed by atoms with Crippen LogP contribution < -0.4 is 5.32 Å². The van der Waals surface area contributed by atoms with Crippen molar-refractivity contribution in [2.75, 3.05) is 6.54 Å². The Labute approximate surface area is 111 Å². The molecular weight excluding hydrogens is 244 g/mol. The SMILES string of the molecule is Cc1nc2n(n1)C[C@H](NCCc1cccs1)CC2. The molecule has 0 amide bonds. The average molecular weight is 262 g/mol. The highest BCUT2D eigenvalue weighted by Gasteiger charge is 2.20. The molecule has 0 bridgehead atoms. The van der Waals surface area contributed by atoms with Crippen molar-refractivity contribution in [3.8, 4) is 0 Å². The first-order valence-corrected chi connectivity index (χ1v) is 7.35. The lowest BCUT2D eigenvalue weighted by atomic mass is 10.1. The summed E-state index contributed by atoms with van der Waals surface area (Å²) in [6.45, 7) is 3.97. The first-order chi connectivity index (χ1) is 8.81. The summed E-state index contributed by atoms with van der Waals surface area (Å²) in [7, 11) is 0. The van der Waals surface area contributed by atoms with Crippen LogP contribution in [0.2, 0.25) is 0 Å². The topological polar surface area (TPSA) is 42.7 Å². The average Bonchev–Trinajstić information content (AvgIpc) is 2.96. The summed E-state index contributed by atoms with van der Waals surface area (Å²) in [5, 5.41) is 10.2. The van der Waals surface area contributed by atoms with Gasteiger partial charge in [-0.2, -0.15) is 5.10 Å². The first-order valence-electron chi connectivity index (χ1n) is 6.47. The van der Waals surface area contributed by atoms with Gasteiger partial charge in [0.2, 0.25) is 0 Å². The van der Waals surface area contributed by atoms with Crippen LogP contribution in [-0.4, -0.2) is 27.4 Å². The second kappa shape index (κ2) is 5.20. The van der Waals surface area contributed by atoms with E-state index in [4.69, 9.17) is 0 Å². The Kier molecular flexibility index (Phi) is 3.43. The summed E-state index contributed by atoms with van der Waals surface area (Å²) in [6.07, 6.45) is 3.33. The van der Waals surface area contributed by atoms with E-state index < -0.39 is 0 Å². The predicted octanol–water partition coefficient (Wildman–Crippen LogP) is 1.80. The monoisotopic (exact) mass is 262 g/mol. The van der Waals surface area contributed by atoms with Crippen LogP contribution >= 0.6 is 11.3 Å². The molecule has 0 saturated carbocycles. The van der Waals surface area contributed by atoms with Crippen molar-refractivity contribution < 1.29 is 0 Å². The Balaban J connectivity index is 1.50. The molecule has 0 spiro atoms. The van der Waals surface area contributed by atoms with Crippen LogP contribution in [0.25, 0.3) is 0 Å². The van der Waals surface area contributed by atoms with E-state index in [1.54, 1.807) is 0 Å². The van der Waals surface area contributed by atoms with E-state index in [0.717, 1.165) is 37.6 Å². The van der Waals surface area contributed by atoms with E-state index in [2.05, 4.69) is 37.6 Å². The van der Waals surface area contributed by atoms with E-state index in [-0.39, 0.29) is 0 Å². The first kappa shape index (κ1) is 11.9. The van der Waals surface area contributed by atoms with Crippen molar-refractivity contribution in [1.29, 1.82) is 0 Å². The molecule has 2 aromatic heterocycles. The molecule has 2 aromatic rings. The summed E-state index contributed by atoms with van der Waals surface area (Å²) < 4.78 is 2.06. The molecule has 3 heterocycles. The van der Waals surface area contributed by atoms with Gasteiger partial charge in [-0.15, -0.1) is 11.3 Å². The molecule has 1 atom stereocenters. The van der Waals surface area contributed by atoms with Crippen LogP contribution in [-0.2, 0) is 19.4 Å². The fourth-order valence-electron chi connectivity index (χ4n) is 2.45. The smallest absolute Gasteiger partial charge is 0.147 e. The third kappa shape index (κ3) is 2.62. The molecule has 1 N–H and O–H groups in total. The number of aromatic nitrogens is 3. The van der Waals surface area contributed by atoms with Crippen molar-refractivity contribution in [2.45, 2.75) is 38.8 Å². The quantitative estimate of drug-likeness (QED) is 0.913. The lowest BCUT2D eigenvalue weighted by Crippen LogP contribution is -2.38. The number of nitrogens with one attached hydrogen (secondary N) is 1. The zero-order chi connectivity index (χ0) is 12.4. The van der Waals surface area contributed by atoms with Gasteiger partial charge in [-0.1, -0.05) is 6.07 Å². The van der Waals surface area contributed by atoms with E-state index >= 15 is 0 Å². The number of fused-ring (bicyclic) bond motifs is 1. The molecule has 18 heavy (non-hydrogen) atoms. The third-order valence-corrected chi connectivity index (χ3v) is 4.28. The van der Waals surface area contributed by atoms with Gasteiger partial charge in [-0.3, -0.25) is 0 Å². The highest BCUT2D eigenvalue weighted by molar-refractivity contribution is 7.09. The zero-order valence-electron chi connectivity index (χ0n) is 10.6. The third-order valence-electron chi connectivity index (χ3n) is 3.35. The van der Waals surface area contributed by atoms with E-state index in [0.29, 0.717) is 6.04 Å². The van der Waals surface area contributed by atoms with Crippen LogP contribution in [0.1, 0.15) is 22.9 Å². The molecule has 0 saturated heterocycles. The van der Waals surface area contributed by atoms with Crippen molar-refractivity contribution >= 4 is 11.3 Å². The Morgan fingerprint density at radius 2 is 2.50 bits per heavy atom. The number of rotatable bonds is 4. The van der Waals surface area contributed by atoms with Crippen LogP contribution in [0.5, 0.6) is 0 Å². The second-order valence-corrected chi connectivity index (χ2v) is 5.81. The van der Waals surface area contributed by atoms with Crippen LogP contribution in [0, 0.1) is 6.92 Å². The summed E-state index contributed by atoms with van der Waals surface area (Å²) in [5.41, 5.74) is 0. The Morgan fingerprint density at radius 3 is 3.33 bits per heavy atom. The van der Waals surface area contributed by atoms with Gasteiger partial charge in [0, 0.05) is 23.9 Å². The lowest BCUT2D eigenvalue weighted by Gasteiger charge is -2.23. The van der Waals surface area contributed by atoms with Gasteiger partial charge in [0.1, 0.15) is 11.6 Å². The van der Waals surface area contributed by atoms with E-state index in [1.807, 2.05) is 18.3 Å². The molecule has 4 nitrogen and oxygen atoms in total. The fraction of sp³-hybridized carbons (Fsp3) is 0.538. The Bertz CT molecular complexity index is 503. The summed E-state index contributed by atoms with van der Waals surface area (Å²) in [5.74, 6) is 2.04. The van der Waals surface area contributed by atoms with Crippen molar-refractivity contribution in [3.63, 3.8) is 0 Å². The molecule has 0 unspecified atom stereocenters.